The number of carbonyl (C=O) groups is 2. The Bertz CT molecular complexity index is 1250. The minimum atomic E-state index is -3.02. The highest BCUT2D eigenvalue weighted by Crippen LogP contribution is 2.27. The average molecular weight is 520 g/mol. The van der Waals surface area contributed by atoms with Gasteiger partial charge >= 0.3 is 0 Å². The van der Waals surface area contributed by atoms with Crippen LogP contribution in [0.2, 0.25) is 0 Å². The summed E-state index contributed by atoms with van der Waals surface area (Å²) in [5, 5.41) is 12.5. The number of benzene rings is 1. The third-order valence-electron chi connectivity index (χ3n) is 6.15. The van der Waals surface area contributed by atoms with E-state index in [0.29, 0.717) is 15.8 Å². The van der Waals surface area contributed by atoms with Crippen LogP contribution in [0.5, 0.6) is 0 Å². The van der Waals surface area contributed by atoms with E-state index in [1.165, 1.54) is 0 Å². The van der Waals surface area contributed by atoms with Gasteiger partial charge in [-0.1, -0.05) is 50.2 Å². The summed E-state index contributed by atoms with van der Waals surface area (Å²) in [4.78, 5) is 31.3. The molecule has 2 aromatic heterocycles. The van der Waals surface area contributed by atoms with Crippen molar-refractivity contribution in [2.45, 2.75) is 57.4 Å². The molecule has 0 aliphatic carbocycles. The Hall–Kier alpha value is -3.90. The van der Waals surface area contributed by atoms with Gasteiger partial charge in [0.25, 0.3) is 6.43 Å². The number of likely N-dealkylation sites (tertiary alicyclic amines) is 1. The van der Waals surface area contributed by atoms with Crippen LogP contribution in [0.1, 0.15) is 61.3 Å². The standard InChI is InChI=1S/C24H25F4N7O2/c1-13(2)16-8-9-17(29-22(16)28)20(14-6-4-3-5-7-14)30-24(37)18-10-15(25)11-34(18)19(36)12-35-23(21(26)27)31-32-33-35/h3-9,13,15,18,20-21H,10-12H2,1-2H3,(H,30,37)/t15-,18+,20+/m1/s1. The van der Waals surface area contributed by atoms with Gasteiger partial charge in [0.1, 0.15) is 18.8 Å². The first-order valence-corrected chi connectivity index (χ1v) is 11.6. The molecular formula is C24H25F4N7O2. The summed E-state index contributed by atoms with van der Waals surface area (Å²) in [5.41, 5.74) is 1.24. The van der Waals surface area contributed by atoms with Crippen LogP contribution >= 0.6 is 0 Å². The van der Waals surface area contributed by atoms with Gasteiger partial charge in [-0.25, -0.2) is 22.8 Å². The fourth-order valence-electron chi connectivity index (χ4n) is 4.27. The number of rotatable bonds is 8. The van der Waals surface area contributed by atoms with Crippen molar-refractivity contribution in [1.29, 1.82) is 0 Å². The van der Waals surface area contributed by atoms with Crippen molar-refractivity contribution in [3.05, 3.63) is 71.1 Å². The quantitative estimate of drug-likeness (QED) is 0.362. The number of tetrazole rings is 1. The predicted molar refractivity (Wildman–Crippen MR) is 122 cm³/mol. The van der Waals surface area contributed by atoms with E-state index in [9.17, 15) is 27.2 Å². The van der Waals surface area contributed by atoms with E-state index < -0.39 is 61.4 Å². The summed E-state index contributed by atoms with van der Waals surface area (Å²) < 4.78 is 55.9. The predicted octanol–water partition coefficient (Wildman–Crippen LogP) is 3.11. The minimum absolute atomic E-state index is 0.100. The minimum Gasteiger partial charge on any atom is -0.342 e. The topological polar surface area (TPSA) is 106 Å². The number of hydrogen-bond donors (Lipinski definition) is 1. The monoisotopic (exact) mass is 519 g/mol. The first-order valence-electron chi connectivity index (χ1n) is 11.6. The molecule has 0 radical (unpaired) electrons. The van der Waals surface area contributed by atoms with Gasteiger partial charge in [-0.2, -0.15) is 4.39 Å². The average Bonchev–Trinajstić information content (AvgIpc) is 3.49. The van der Waals surface area contributed by atoms with E-state index in [1.807, 2.05) is 13.8 Å². The maximum atomic E-state index is 14.7. The van der Waals surface area contributed by atoms with Crippen LogP contribution in [-0.4, -0.2) is 60.7 Å². The van der Waals surface area contributed by atoms with Gasteiger partial charge < -0.3 is 10.2 Å². The summed E-state index contributed by atoms with van der Waals surface area (Å²) in [6.07, 6.45) is -4.81. The molecule has 1 saturated heterocycles. The first kappa shape index (κ1) is 26.2. The van der Waals surface area contributed by atoms with Crippen molar-refractivity contribution in [2.24, 2.45) is 0 Å². The summed E-state index contributed by atoms with van der Waals surface area (Å²) in [7, 11) is 0. The second kappa shape index (κ2) is 11.0. The number of pyridine rings is 1. The SMILES string of the molecule is CC(C)c1ccc([C@@H](NC(=O)[C@@H]2C[C@@H](F)CN2C(=O)Cn2nnnc2C(F)F)c2ccccc2)nc1F. The van der Waals surface area contributed by atoms with Crippen molar-refractivity contribution >= 4 is 11.8 Å². The highest BCUT2D eigenvalue weighted by molar-refractivity contribution is 5.88. The number of nitrogens with one attached hydrogen (secondary N) is 1. The van der Waals surface area contributed by atoms with Gasteiger partial charge in [0, 0.05) is 12.0 Å². The molecule has 1 fully saturated rings. The number of aromatic nitrogens is 5. The van der Waals surface area contributed by atoms with Gasteiger partial charge in [0.05, 0.1) is 18.3 Å². The van der Waals surface area contributed by atoms with E-state index in [0.717, 1.165) is 4.90 Å². The van der Waals surface area contributed by atoms with E-state index >= 15 is 0 Å². The summed E-state index contributed by atoms with van der Waals surface area (Å²) in [6.45, 7) is 2.58. The molecule has 4 rings (SSSR count). The van der Waals surface area contributed by atoms with E-state index in [-0.39, 0.29) is 18.0 Å². The molecule has 3 atom stereocenters. The van der Waals surface area contributed by atoms with E-state index in [1.54, 1.807) is 42.5 Å². The lowest BCUT2D eigenvalue weighted by Gasteiger charge is -2.26. The van der Waals surface area contributed by atoms with Crippen molar-refractivity contribution in [2.75, 3.05) is 6.54 Å². The van der Waals surface area contributed by atoms with Crippen molar-refractivity contribution in [3.63, 3.8) is 0 Å². The molecular weight excluding hydrogens is 494 g/mol. The Balaban J connectivity index is 1.58. The maximum absolute atomic E-state index is 14.7. The lowest BCUT2D eigenvalue weighted by atomic mass is 9.99. The normalized spacial score (nSPS) is 18.4. The smallest absolute Gasteiger partial charge is 0.298 e. The molecule has 3 aromatic rings. The van der Waals surface area contributed by atoms with Crippen LogP contribution in [0.4, 0.5) is 17.6 Å². The van der Waals surface area contributed by atoms with Gasteiger partial charge in [0.2, 0.25) is 23.6 Å². The van der Waals surface area contributed by atoms with Crippen LogP contribution in [0, 0.1) is 5.95 Å². The zero-order valence-corrected chi connectivity index (χ0v) is 20.1. The number of amides is 2. The highest BCUT2D eigenvalue weighted by Gasteiger charge is 2.41. The number of halogens is 4. The Labute approximate surface area is 209 Å². The van der Waals surface area contributed by atoms with Crippen LogP contribution in [0.15, 0.2) is 42.5 Å². The molecule has 2 amide bonds. The number of alkyl halides is 3. The van der Waals surface area contributed by atoms with Gasteiger partial charge in [-0.05, 0) is 28.0 Å². The number of hydrogen-bond acceptors (Lipinski definition) is 6. The molecule has 1 N–H and O–H groups in total. The molecule has 1 aliphatic heterocycles. The Morgan fingerprint density at radius 1 is 1.14 bits per heavy atom. The second-order valence-corrected chi connectivity index (χ2v) is 9.01. The van der Waals surface area contributed by atoms with Crippen LogP contribution in [0.3, 0.4) is 0 Å². The Morgan fingerprint density at radius 3 is 2.51 bits per heavy atom. The van der Waals surface area contributed by atoms with Crippen LogP contribution in [0.25, 0.3) is 0 Å². The molecule has 0 spiro atoms. The second-order valence-electron chi connectivity index (χ2n) is 9.01. The largest absolute Gasteiger partial charge is 0.342 e. The third-order valence-corrected chi connectivity index (χ3v) is 6.15. The molecule has 0 bridgehead atoms. The van der Waals surface area contributed by atoms with Crippen molar-refractivity contribution in [3.8, 4) is 0 Å². The lowest BCUT2D eigenvalue weighted by Crippen LogP contribution is -2.48. The molecule has 9 nitrogen and oxygen atoms in total. The molecule has 13 heteroatoms. The fourth-order valence-corrected chi connectivity index (χ4v) is 4.27. The Morgan fingerprint density at radius 2 is 1.86 bits per heavy atom. The van der Waals surface area contributed by atoms with Crippen LogP contribution in [-0.2, 0) is 16.1 Å². The molecule has 37 heavy (non-hydrogen) atoms. The summed E-state index contributed by atoms with van der Waals surface area (Å²) >= 11 is 0. The Kier molecular flexibility index (Phi) is 7.79. The van der Waals surface area contributed by atoms with Crippen molar-refractivity contribution < 1.29 is 27.2 Å². The zero-order valence-electron chi connectivity index (χ0n) is 20.1. The van der Waals surface area contributed by atoms with E-state index in [4.69, 9.17) is 0 Å². The zero-order chi connectivity index (χ0) is 26.7. The third kappa shape index (κ3) is 5.75. The lowest BCUT2D eigenvalue weighted by molar-refractivity contribution is -0.139. The van der Waals surface area contributed by atoms with Gasteiger partial charge in [-0.3, -0.25) is 9.59 Å². The maximum Gasteiger partial charge on any atom is 0.298 e. The van der Waals surface area contributed by atoms with Gasteiger partial charge in [0.15, 0.2) is 0 Å². The summed E-state index contributed by atoms with van der Waals surface area (Å²) in [6, 6.07) is 9.79. The molecule has 196 valence electrons. The first-order chi connectivity index (χ1) is 17.7. The summed E-state index contributed by atoms with van der Waals surface area (Å²) in [5.74, 6) is -3.07. The molecule has 0 unspecified atom stereocenters. The molecule has 1 aromatic carbocycles. The van der Waals surface area contributed by atoms with Gasteiger partial charge in [-0.15, -0.1) is 5.10 Å². The molecule has 1 aliphatic rings. The van der Waals surface area contributed by atoms with Crippen LogP contribution < -0.4 is 5.32 Å². The van der Waals surface area contributed by atoms with E-state index in [2.05, 4.69) is 25.8 Å². The highest BCUT2D eigenvalue weighted by atomic mass is 19.3. The fraction of sp³-hybridized carbons (Fsp3) is 0.417. The number of carbonyl (C=O) groups excluding carboxylic acids is 2. The molecule has 0 saturated carbocycles. The molecule has 3 heterocycles. The number of nitrogens with zero attached hydrogens (tertiary/aromatic N) is 6. The van der Waals surface area contributed by atoms with Crippen molar-refractivity contribution in [1.82, 2.24) is 35.4 Å².